The molecule has 76 valence electrons. The van der Waals surface area contributed by atoms with Gasteiger partial charge in [-0.3, -0.25) is 9.78 Å². The number of hydrogen-bond acceptors (Lipinski definition) is 3. The number of rotatable bonds is 4. The molecule has 1 aliphatic carbocycles. The minimum atomic E-state index is -0.182. The first-order valence-electron chi connectivity index (χ1n) is 4.64. The van der Waals surface area contributed by atoms with Crippen molar-refractivity contribution in [3.05, 3.63) is 26.9 Å². The lowest BCUT2D eigenvalue weighted by Crippen LogP contribution is -2.09. The minimum Gasteiger partial charge on any atom is -0.375 e. The number of aromatic amines is 2. The van der Waals surface area contributed by atoms with E-state index in [9.17, 15) is 4.79 Å². The fraction of sp³-hybridized carbons (Fsp3) is 0.556. The van der Waals surface area contributed by atoms with Crippen molar-refractivity contribution < 1.29 is 4.74 Å². The van der Waals surface area contributed by atoms with Crippen LogP contribution < -0.4 is 5.56 Å². The first-order chi connectivity index (χ1) is 6.74. The number of aromatic nitrogens is 2. The van der Waals surface area contributed by atoms with Gasteiger partial charge >= 0.3 is 0 Å². The predicted molar refractivity (Wildman–Crippen MR) is 54.6 cm³/mol. The van der Waals surface area contributed by atoms with Gasteiger partial charge in [-0.15, -0.1) is 0 Å². The Bertz CT molecular complexity index is 391. The average Bonchev–Trinajstić information content (AvgIpc) is 2.86. The fourth-order valence-electron chi connectivity index (χ4n) is 1.22. The van der Waals surface area contributed by atoms with Gasteiger partial charge in [-0.05, 0) is 31.0 Å². The van der Waals surface area contributed by atoms with E-state index in [0.717, 1.165) is 18.2 Å². The van der Waals surface area contributed by atoms with E-state index in [2.05, 4.69) is 9.97 Å². The lowest BCUT2D eigenvalue weighted by atomic mass is 10.4. The molecule has 0 aromatic carbocycles. The predicted octanol–water partition coefficient (Wildman–Crippen LogP) is 1.36. The second-order valence-corrected chi connectivity index (χ2v) is 3.98. The second kappa shape index (κ2) is 4.06. The summed E-state index contributed by atoms with van der Waals surface area (Å²) in [7, 11) is 0. The highest BCUT2D eigenvalue weighted by atomic mass is 32.1. The third kappa shape index (κ3) is 2.78. The molecule has 1 aromatic rings. The van der Waals surface area contributed by atoms with Crippen LogP contribution in [0.3, 0.4) is 0 Å². The van der Waals surface area contributed by atoms with Crippen LogP contribution in [0.5, 0.6) is 0 Å². The topological polar surface area (TPSA) is 57.9 Å². The van der Waals surface area contributed by atoms with E-state index in [0.29, 0.717) is 11.4 Å². The van der Waals surface area contributed by atoms with Crippen molar-refractivity contribution in [2.75, 3.05) is 6.61 Å². The number of ether oxygens (including phenoxy) is 1. The van der Waals surface area contributed by atoms with Crippen LogP contribution in [0.25, 0.3) is 0 Å². The van der Waals surface area contributed by atoms with Gasteiger partial charge in [0.15, 0.2) is 4.77 Å². The van der Waals surface area contributed by atoms with E-state index < -0.39 is 0 Å². The Morgan fingerprint density at radius 2 is 2.29 bits per heavy atom. The van der Waals surface area contributed by atoms with Crippen molar-refractivity contribution in [1.82, 2.24) is 9.97 Å². The van der Waals surface area contributed by atoms with Crippen molar-refractivity contribution >= 4 is 12.2 Å². The maximum absolute atomic E-state index is 11.0. The normalized spacial score (nSPS) is 15.7. The summed E-state index contributed by atoms with van der Waals surface area (Å²) in [6.45, 7) is 1.22. The zero-order valence-electron chi connectivity index (χ0n) is 7.71. The monoisotopic (exact) mass is 212 g/mol. The van der Waals surface area contributed by atoms with Gasteiger partial charge in [0.05, 0.1) is 6.61 Å². The van der Waals surface area contributed by atoms with Crippen LogP contribution in [-0.2, 0) is 11.3 Å². The summed E-state index contributed by atoms with van der Waals surface area (Å²) in [6.07, 6.45) is 2.54. The minimum absolute atomic E-state index is 0.182. The van der Waals surface area contributed by atoms with Crippen molar-refractivity contribution in [1.29, 1.82) is 0 Å². The van der Waals surface area contributed by atoms with Crippen LogP contribution >= 0.6 is 12.2 Å². The Kier molecular flexibility index (Phi) is 2.79. The molecule has 0 radical (unpaired) electrons. The second-order valence-electron chi connectivity index (χ2n) is 3.57. The number of H-pyrrole nitrogens is 2. The summed E-state index contributed by atoms with van der Waals surface area (Å²) in [4.78, 5) is 16.4. The lowest BCUT2D eigenvalue weighted by Gasteiger charge is -2.02. The molecule has 1 aromatic heterocycles. The standard InChI is InChI=1S/C9H12N2O2S/c12-8-3-7(10-9(14)11-8)5-13-4-6-1-2-6/h3,6H,1-2,4-5H2,(H2,10,11,12,14). The molecule has 2 N–H and O–H groups in total. The summed E-state index contributed by atoms with van der Waals surface area (Å²) in [5.41, 5.74) is 0.554. The quantitative estimate of drug-likeness (QED) is 0.741. The molecule has 2 rings (SSSR count). The molecule has 0 saturated heterocycles. The first kappa shape index (κ1) is 9.61. The van der Waals surface area contributed by atoms with Crippen molar-refractivity contribution in [2.24, 2.45) is 5.92 Å². The first-order valence-corrected chi connectivity index (χ1v) is 5.05. The zero-order valence-corrected chi connectivity index (χ0v) is 8.52. The molecule has 0 unspecified atom stereocenters. The highest BCUT2D eigenvalue weighted by Crippen LogP contribution is 2.28. The summed E-state index contributed by atoms with van der Waals surface area (Å²) >= 11 is 4.83. The SMILES string of the molecule is O=c1cc(COCC2CC2)[nH]c(=S)[nH]1. The van der Waals surface area contributed by atoms with E-state index >= 15 is 0 Å². The molecule has 5 heteroatoms. The Hall–Kier alpha value is -0.940. The van der Waals surface area contributed by atoms with Gasteiger partial charge < -0.3 is 9.72 Å². The molecule has 14 heavy (non-hydrogen) atoms. The number of hydrogen-bond donors (Lipinski definition) is 2. The molecule has 1 heterocycles. The molecule has 0 spiro atoms. The third-order valence-corrected chi connectivity index (χ3v) is 2.33. The fourth-order valence-corrected chi connectivity index (χ4v) is 1.45. The van der Waals surface area contributed by atoms with E-state index in [4.69, 9.17) is 17.0 Å². The summed E-state index contributed by atoms with van der Waals surface area (Å²) in [5.74, 6) is 0.736. The van der Waals surface area contributed by atoms with Gasteiger partial charge in [0.1, 0.15) is 0 Å². The highest BCUT2D eigenvalue weighted by molar-refractivity contribution is 7.71. The molecule has 0 amide bonds. The van der Waals surface area contributed by atoms with Crippen LogP contribution in [0, 0.1) is 10.7 Å². The Labute approximate surface area is 86.3 Å². The van der Waals surface area contributed by atoms with E-state index in [1.165, 1.54) is 18.9 Å². The molecule has 1 saturated carbocycles. The molecule has 0 atom stereocenters. The van der Waals surface area contributed by atoms with Crippen LogP contribution in [0.2, 0.25) is 0 Å². The van der Waals surface area contributed by atoms with Crippen molar-refractivity contribution in [3.8, 4) is 0 Å². The van der Waals surface area contributed by atoms with Crippen molar-refractivity contribution in [3.63, 3.8) is 0 Å². The molecule has 1 aliphatic rings. The van der Waals surface area contributed by atoms with Crippen LogP contribution in [0.1, 0.15) is 18.5 Å². The molecule has 4 nitrogen and oxygen atoms in total. The van der Waals surface area contributed by atoms with E-state index in [-0.39, 0.29) is 5.56 Å². The Balaban J connectivity index is 1.93. The van der Waals surface area contributed by atoms with E-state index in [1.807, 2.05) is 0 Å². The average molecular weight is 212 g/mol. The van der Waals surface area contributed by atoms with Gasteiger partial charge in [0.2, 0.25) is 0 Å². The van der Waals surface area contributed by atoms with Crippen LogP contribution in [0.4, 0.5) is 0 Å². The lowest BCUT2D eigenvalue weighted by molar-refractivity contribution is 0.108. The Morgan fingerprint density at radius 1 is 1.50 bits per heavy atom. The van der Waals surface area contributed by atoms with Crippen LogP contribution in [-0.4, -0.2) is 16.6 Å². The largest absolute Gasteiger partial charge is 0.375 e. The highest BCUT2D eigenvalue weighted by Gasteiger charge is 2.20. The van der Waals surface area contributed by atoms with Gasteiger partial charge in [-0.2, -0.15) is 0 Å². The third-order valence-electron chi connectivity index (χ3n) is 2.12. The van der Waals surface area contributed by atoms with Crippen molar-refractivity contribution in [2.45, 2.75) is 19.4 Å². The van der Waals surface area contributed by atoms with E-state index in [1.54, 1.807) is 0 Å². The Morgan fingerprint density at radius 3 is 2.93 bits per heavy atom. The summed E-state index contributed by atoms with van der Waals surface area (Å²) in [5, 5.41) is 0. The molecular weight excluding hydrogens is 200 g/mol. The van der Waals surface area contributed by atoms with Crippen LogP contribution in [0.15, 0.2) is 10.9 Å². The van der Waals surface area contributed by atoms with Gasteiger partial charge in [-0.1, -0.05) is 0 Å². The smallest absolute Gasteiger partial charge is 0.251 e. The molecule has 0 bridgehead atoms. The maximum Gasteiger partial charge on any atom is 0.251 e. The maximum atomic E-state index is 11.0. The summed E-state index contributed by atoms with van der Waals surface area (Å²) < 4.78 is 5.77. The summed E-state index contributed by atoms with van der Waals surface area (Å²) in [6, 6.07) is 1.47. The molecule has 0 aliphatic heterocycles. The zero-order chi connectivity index (χ0) is 9.97. The molecular formula is C9H12N2O2S. The number of nitrogens with one attached hydrogen (secondary N) is 2. The van der Waals surface area contributed by atoms with Gasteiger partial charge in [0.25, 0.3) is 5.56 Å². The molecule has 1 fully saturated rings. The van der Waals surface area contributed by atoms with Gasteiger partial charge in [0, 0.05) is 18.4 Å². The van der Waals surface area contributed by atoms with Gasteiger partial charge in [-0.25, -0.2) is 0 Å².